The Labute approximate surface area is 192 Å². The van der Waals surface area contributed by atoms with Crippen LogP contribution in [0.5, 0.6) is 5.75 Å². The summed E-state index contributed by atoms with van der Waals surface area (Å²) in [4.78, 5) is 25.6. The summed E-state index contributed by atoms with van der Waals surface area (Å²) in [6.45, 7) is 9.47. The number of carbonyl (C=O) groups is 1. The molecule has 0 saturated carbocycles. The van der Waals surface area contributed by atoms with Crippen LogP contribution in [0, 0.1) is 0 Å². The summed E-state index contributed by atoms with van der Waals surface area (Å²) in [5, 5.41) is 8.10. The number of hydrogen-bond donors (Lipinski definition) is 0. The lowest BCUT2D eigenvalue weighted by molar-refractivity contribution is -0.133. The second-order valence-electron chi connectivity index (χ2n) is 9.16. The van der Waals surface area contributed by atoms with Crippen molar-refractivity contribution in [1.82, 2.24) is 30.1 Å². The van der Waals surface area contributed by atoms with Gasteiger partial charge in [0.25, 0.3) is 0 Å². The second kappa shape index (κ2) is 9.70. The van der Waals surface area contributed by atoms with Crippen molar-refractivity contribution >= 4 is 5.91 Å². The molecular formula is C23H30N6O4. The molecule has 0 atom stereocenters. The van der Waals surface area contributed by atoms with Gasteiger partial charge in [-0.3, -0.25) is 9.69 Å². The third-order valence-electron chi connectivity index (χ3n) is 5.59. The van der Waals surface area contributed by atoms with E-state index in [9.17, 15) is 4.79 Å². The Kier molecular flexibility index (Phi) is 6.73. The molecular weight excluding hydrogens is 424 g/mol. The SMILES string of the molecule is COc1ccc(-c2noc(CN3CCN(C(=O)CCc4nc(C(C)(C)C)no4)CC3)n2)cc1. The maximum atomic E-state index is 12.6. The fourth-order valence-corrected chi connectivity index (χ4v) is 3.56. The van der Waals surface area contributed by atoms with E-state index in [1.54, 1.807) is 7.11 Å². The molecule has 0 spiro atoms. The first kappa shape index (κ1) is 22.9. The van der Waals surface area contributed by atoms with E-state index in [1.807, 2.05) is 49.9 Å². The Bertz CT molecular complexity index is 1060. The Morgan fingerprint density at radius 3 is 2.33 bits per heavy atom. The van der Waals surface area contributed by atoms with Gasteiger partial charge in [0, 0.05) is 50.0 Å². The van der Waals surface area contributed by atoms with Crippen LogP contribution >= 0.6 is 0 Å². The number of carbonyl (C=O) groups excluding carboxylic acids is 1. The zero-order valence-corrected chi connectivity index (χ0v) is 19.6. The number of piperazine rings is 1. The fraction of sp³-hybridized carbons (Fsp3) is 0.522. The van der Waals surface area contributed by atoms with E-state index >= 15 is 0 Å². The lowest BCUT2D eigenvalue weighted by atomic mass is 9.96. The maximum Gasteiger partial charge on any atom is 0.241 e. The summed E-state index contributed by atoms with van der Waals surface area (Å²) in [6.07, 6.45) is 0.818. The quantitative estimate of drug-likeness (QED) is 0.532. The standard InChI is InChI=1S/C23H30N6O4/c1-23(2,3)22-25-18(32-27-22)9-10-20(30)29-13-11-28(12-14-29)15-19-24-21(26-33-19)16-5-7-17(31-4)8-6-16/h5-8H,9-15H2,1-4H3. The van der Waals surface area contributed by atoms with Crippen molar-refractivity contribution in [2.24, 2.45) is 0 Å². The average Bonchev–Trinajstić information content (AvgIpc) is 3.48. The molecule has 0 N–H and O–H groups in total. The van der Waals surface area contributed by atoms with Crippen molar-refractivity contribution in [3.63, 3.8) is 0 Å². The van der Waals surface area contributed by atoms with E-state index in [-0.39, 0.29) is 11.3 Å². The van der Waals surface area contributed by atoms with Crippen molar-refractivity contribution in [1.29, 1.82) is 0 Å². The Balaban J connectivity index is 1.23. The highest BCUT2D eigenvalue weighted by Gasteiger charge is 2.24. The maximum absolute atomic E-state index is 12.6. The van der Waals surface area contributed by atoms with E-state index in [1.165, 1.54) is 0 Å². The molecule has 0 bridgehead atoms. The van der Waals surface area contributed by atoms with Crippen LogP contribution in [-0.2, 0) is 23.2 Å². The van der Waals surface area contributed by atoms with Gasteiger partial charge in [0.1, 0.15) is 5.75 Å². The molecule has 3 aromatic rings. The normalized spacial score (nSPS) is 15.1. The van der Waals surface area contributed by atoms with E-state index in [2.05, 4.69) is 25.2 Å². The van der Waals surface area contributed by atoms with Crippen molar-refractivity contribution < 1.29 is 18.6 Å². The van der Waals surface area contributed by atoms with Gasteiger partial charge in [-0.15, -0.1) is 0 Å². The van der Waals surface area contributed by atoms with Gasteiger partial charge in [0.2, 0.25) is 23.5 Å². The van der Waals surface area contributed by atoms with E-state index in [0.29, 0.717) is 55.9 Å². The van der Waals surface area contributed by atoms with Crippen LogP contribution in [0.1, 0.15) is 44.8 Å². The molecule has 3 heterocycles. The van der Waals surface area contributed by atoms with Crippen molar-refractivity contribution in [3.8, 4) is 17.1 Å². The molecule has 1 aliphatic heterocycles. The topological polar surface area (TPSA) is 111 Å². The predicted molar refractivity (Wildman–Crippen MR) is 119 cm³/mol. The summed E-state index contributed by atoms with van der Waals surface area (Å²) < 4.78 is 15.9. The molecule has 1 aliphatic rings. The summed E-state index contributed by atoms with van der Waals surface area (Å²) in [6, 6.07) is 7.53. The first-order chi connectivity index (χ1) is 15.8. The number of ether oxygens (including phenoxy) is 1. The number of aryl methyl sites for hydroxylation is 1. The van der Waals surface area contributed by atoms with Crippen molar-refractivity contribution in [2.45, 2.75) is 45.6 Å². The van der Waals surface area contributed by atoms with Gasteiger partial charge < -0.3 is 18.7 Å². The van der Waals surface area contributed by atoms with Crippen LogP contribution in [0.3, 0.4) is 0 Å². The summed E-state index contributed by atoms with van der Waals surface area (Å²) >= 11 is 0. The molecule has 1 fully saturated rings. The number of amides is 1. The van der Waals surface area contributed by atoms with Gasteiger partial charge in [-0.2, -0.15) is 9.97 Å². The molecule has 33 heavy (non-hydrogen) atoms. The minimum absolute atomic E-state index is 0.102. The Hall–Kier alpha value is -3.27. The molecule has 1 amide bonds. The van der Waals surface area contributed by atoms with Gasteiger partial charge in [-0.25, -0.2) is 0 Å². The molecule has 0 unspecified atom stereocenters. The van der Waals surface area contributed by atoms with Gasteiger partial charge in [-0.05, 0) is 24.3 Å². The van der Waals surface area contributed by atoms with E-state index in [4.69, 9.17) is 13.8 Å². The predicted octanol–water partition coefficient (Wildman–Crippen LogP) is 2.70. The number of hydrogen-bond acceptors (Lipinski definition) is 9. The van der Waals surface area contributed by atoms with E-state index in [0.717, 1.165) is 24.4 Å². The van der Waals surface area contributed by atoms with Crippen LogP contribution in [0.4, 0.5) is 0 Å². The summed E-state index contributed by atoms with van der Waals surface area (Å²) in [7, 11) is 1.63. The van der Waals surface area contributed by atoms with Crippen LogP contribution in [0.15, 0.2) is 33.3 Å². The van der Waals surface area contributed by atoms with Crippen LogP contribution in [-0.4, -0.2) is 69.3 Å². The molecule has 176 valence electrons. The molecule has 10 nitrogen and oxygen atoms in total. The number of rotatable bonds is 7. The zero-order valence-electron chi connectivity index (χ0n) is 19.6. The number of methoxy groups -OCH3 is 1. The average molecular weight is 455 g/mol. The van der Waals surface area contributed by atoms with E-state index < -0.39 is 0 Å². The number of aromatic nitrogens is 4. The molecule has 0 radical (unpaired) electrons. The first-order valence-corrected chi connectivity index (χ1v) is 11.1. The third kappa shape index (κ3) is 5.75. The summed E-state index contributed by atoms with van der Waals surface area (Å²) in [5.74, 6) is 3.17. The molecule has 1 aromatic carbocycles. The largest absolute Gasteiger partial charge is 0.497 e. The number of nitrogens with zero attached hydrogens (tertiary/aromatic N) is 6. The highest BCUT2D eigenvalue weighted by Crippen LogP contribution is 2.21. The molecule has 10 heteroatoms. The highest BCUT2D eigenvalue weighted by atomic mass is 16.5. The fourth-order valence-electron chi connectivity index (χ4n) is 3.56. The van der Waals surface area contributed by atoms with Crippen LogP contribution < -0.4 is 4.74 Å². The Morgan fingerprint density at radius 1 is 1.00 bits per heavy atom. The minimum Gasteiger partial charge on any atom is -0.497 e. The van der Waals surface area contributed by atoms with Crippen LogP contribution in [0.2, 0.25) is 0 Å². The third-order valence-corrected chi connectivity index (χ3v) is 5.59. The van der Waals surface area contributed by atoms with Gasteiger partial charge >= 0.3 is 0 Å². The lowest BCUT2D eigenvalue weighted by Gasteiger charge is -2.33. The monoisotopic (exact) mass is 454 g/mol. The Morgan fingerprint density at radius 2 is 1.70 bits per heavy atom. The molecule has 0 aliphatic carbocycles. The van der Waals surface area contributed by atoms with Gasteiger partial charge in [-0.1, -0.05) is 31.1 Å². The molecule has 2 aromatic heterocycles. The zero-order chi connectivity index (χ0) is 23.4. The highest BCUT2D eigenvalue weighted by molar-refractivity contribution is 5.76. The van der Waals surface area contributed by atoms with Gasteiger partial charge in [0.05, 0.1) is 13.7 Å². The molecule has 1 saturated heterocycles. The smallest absolute Gasteiger partial charge is 0.241 e. The minimum atomic E-state index is -0.171. The summed E-state index contributed by atoms with van der Waals surface area (Å²) in [5.41, 5.74) is 0.702. The van der Waals surface area contributed by atoms with Crippen LogP contribution in [0.25, 0.3) is 11.4 Å². The van der Waals surface area contributed by atoms with Gasteiger partial charge in [0.15, 0.2) is 5.82 Å². The first-order valence-electron chi connectivity index (χ1n) is 11.1. The van der Waals surface area contributed by atoms with Crippen molar-refractivity contribution in [2.75, 3.05) is 33.3 Å². The van der Waals surface area contributed by atoms with Crippen molar-refractivity contribution in [3.05, 3.63) is 41.9 Å². The number of benzene rings is 1. The lowest BCUT2D eigenvalue weighted by Crippen LogP contribution is -2.48. The second-order valence-corrected chi connectivity index (χ2v) is 9.16. The molecule has 4 rings (SSSR count).